The first-order chi connectivity index (χ1) is 10.1. The highest BCUT2D eigenvalue weighted by Gasteiger charge is 2.18. The van der Waals surface area contributed by atoms with Gasteiger partial charge in [-0.25, -0.2) is 4.39 Å². The molecule has 1 aromatic heterocycles. The number of tetrazole rings is 1. The van der Waals surface area contributed by atoms with Crippen LogP contribution in [0.1, 0.15) is 0 Å². The lowest BCUT2D eigenvalue weighted by Gasteiger charge is -2.09. The second-order valence-electron chi connectivity index (χ2n) is 4.19. The summed E-state index contributed by atoms with van der Waals surface area (Å²) in [6, 6.07) is 9.62. The molecular weight excluding hydrogens is 316 g/mol. The maximum atomic E-state index is 14.1. The van der Waals surface area contributed by atoms with Gasteiger partial charge in [-0.15, -0.1) is 5.10 Å². The smallest absolute Gasteiger partial charge is 0.189 e. The number of nitrogen functional groups attached to an aromatic ring is 1. The number of aromatic nitrogens is 4. The lowest BCUT2D eigenvalue weighted by Crippen LogP contribution is -2.04. The molecule has 2 aromatic carbocycles. The van der Waals surface area contributed by atoms with Crippen molar-refractivity contribution < 1.29 is 4.39 Å². The van der Waals surface area contributed by atoms with Crippen LogP contribution in [0.5, 0.6) is 0 Å². The van der Waals surface area contributed by atoms with Crippen LogP contribution in [0.25, 0.3) is 17.1 Å². The second kappa shape index (κ2) is 5.31. The first-order valence-electron chi connectivity index (χ1n) is 5.86. The number of nitrogens with two attached hydrogens (primary N) is 1. The topological polar surface area (TPSA) is 69.6 Å². The molecule has 0 aliphatic heterocycles. The summed E-state index contributed by atoms with van der Waals surface area (Å²) in [5.74, 6) is -0.343. The van der Waals surface area contributed by atoms with Crippen molar-refractivity contribution in [3.63, 3.8) is 0 Å². The number of benzene rings is 2. The number of hydrogen-bond acceptors (Lipinski definition) is 4. The summed E-state index contributed by atoms with van der Waals surface area (Å²) in [5, 5.41) is 11.6. The molecule has 0 saturated heterocycles. The predicted octanol–water partition coefficient (Wildman–Crippen LogP) is 3.36. The predicted molar refractivity (Wildman–Crippen MR) is 79.0 cm³/mol. The maximum Gasteiger partial charge on any atom is 0.189 e. The van der Waals surface area contributed by atoms with E-state index >= 15 is 0 Å². The molecule has 0 saturated carbocycles. The fourth-order valence-electron chi connectivity index (χ4n) is 1.91. The number of anilines is 1. The van der Waals surface area contributed by atoms with E-state index in [0.717, 1.165) is 0 Å². The van der Waals surface area contributed by atoms with E-state index in [4.69, 9.17) is 28.9 Å². The summed E-state index contributed by atoms with van der Waals surface area (Å²) in [4.78, 5) is 0. The van der Waals surface area contributed by atoms with Gasteiger partial charge in [0.1, 0.15) is 5.69 Å². The summed E-state index contributed by atoms with van der Waals surface area (Å²) in [5.41, 5.74) is 6.88. The molecule has 0 spiro atoms. The third-order valence-corrected chi connectivity index (χ3v) is 3.54. The quantitative estimate of drug-likeness (QED) is 0.734. The summed E-state index contributed by atoms with van der Waals surface area (Å²) in [7, 11) is 0. The van der Waals surface area contributed by atoms with Gasteiger partial charge in [0.05, 0.1) is 15.7 Å². The van der Waals surface area contributed by atoms with E-state index in [1.807, 2.05) is 0 Å². The Balaban J connectivity index is 2.22. The Labute approximate surface area is 129 Å². The van der Waals surface area contributed by atoms with Gasteiger partial charge >= 0.3 is 0 Å². The van der Waals surface area contributed by atoms with E-state index in [0.29, 0.717) is 16.3 Å². The van der Waals surface area contributed by atoms with Crippen molar-refractivity contribution in [1.82, 2.24) is 20.2 Å². The molecule has 106 valence electrons. The molecular formula is C13H8Cl2FN5. The van der Waals surface area contributed by atoms with Gasteiger partial charge in [0.25, 0.3) is 0 Å². The SMILES string of the molecule is Nc1c(Cl)cccc1-c1nnnn1-c1cccc(Cl)c1F. The number of para-hydroxylation sites is 1. The van der Waals surface area contributed by atoms with Crippen molar-refractivity contribution in [3.8, 4) is 17.1 Å². The molecule has 2 N–H and O–H groups in total. The normalized spacial score (nSPS) is 10.8. The number of hydrogen-bond donors (Lipinski definition) is 1. The largest absolute Gasteiger partial charge is 0.397 e. The first kappa shape index (κ1) is 13.8. The zero-order chi connectivity index (χ0) is 15.0. The Morgan fingerprint density at radius 1 is 1.05 bits per heavy atom. The Bertz CT molecular complexity index is 752. The molecule has 5 nitrogen and oxygen atoms in total. The van der Waals surface area contributed by atoms with Crippen LogP contribution in [0.2, 0.25) is 10.0 Å². The van der Waals surface area contributed by atoms with Crippen LogP contribution in [-0.2, 0) is 0 Å². The van der Waals surface area contributed by atoms with Gasteiger partial charge in [0.2, 0.25) is 0 Å². The summed E-state index contributed by atoms with van der Waals surface area (Å²) in [6.45, 7) is 0. The fraction of sp³-hybridized carbons (Fsp3) is 0. The average molecular weight is 324 g/mol. The molecule has 1 heterocycles. The number of rotatable bonds is 2. The highest BCUT2D eigenvalue weighted by molar-refractivity contribution is 6.33. The van der Waals surface area contributed by atoms with E-state index in [1.165, 1.54) is 16.8 Å². The zero-order valence-electron chi connectivity index (χ0n) is 10.5. The van der Waals surface area contributed by atoms with Crippen LogP contribution in [0.3, 0.4) is 0 Å². The fourth-order valence-corrected chi connectivity index (χ4v) is 2.25. The lowest BCUT2D eigenvalue weighted by molar-refractivity contribution is 0.608. The summed E-state index contributed by atoms with van der Waals surface area (Å²) < 4.78 is 15.4. The van der Waals surface area contributed by atoms with Crippen LogP contribution < -0.4 is 5.73 Å². The van der Waals surface area contributed by atoms with E-state index in [2.05, 4.69) is 15.5 Å². The average Bonchev–Trinajstić information content (AvgIpc) is 2.94. The highest BCUT2D eigenvalue weighted by Crippen LogP contribution is 2.31. The zero-order valence-corrected chi connectivity index (χ0v) is 12.0. The molecule has 0 bridgehead atoms. The Kier molecular flexibility index (Phi) is 3.48. The van der Waals surface area contributed by atoms with E-state index in [1.54, 1.807) is 24.3 Å². The maximum absolute atomic E-state index is 14.1. The van der Waals surface area contributed by atoms with Crippen LogP contribution in [-0.4, -0.2) is 20.2 Å². The van der Waals surface area contributed by atoms with Crippen LogP contribution in [0, 0.1) is 5.82 Å². The van der Waals surface area contributed by atoms with Crippen LogP contribution >= 0.6 is 23.2 Å². The third kappa shape index (κ3) is 2.32. The van der Waals surface area contributed by atoms with Crippen molar-refractivity contribution >= 4 is 28.9 Å². The molecule has 0 radical (unpaired) electrons. The minimum absolute atomic E-state index is 0.0204. The van der Waals surface area contributed by atoms with Crippen molar-refractivity contribution in [2.24, 2.45) is 0 Å². The molecule has 0 amide bonds. The Hall–Kier alpha value is -2.18. The Morgan fingerprint density at radius 3 is 2.57 bits per heavy atom. The Morgan fingerprint density at radius 2 is 1.76 bits per heavy atom. The lowest BCUT2D eigenvalue weighted by atomic mass is 10.1. The number of halogens is 3. The van der Waals surface area contributed by atoms with Gasteiger partial charge in [0, 0.05) is 5.56 Å². The first-order valence-corrected chi connectivity index (χ1v) is 6.62. The van der Waals surface area contributed by atoms with Gasteiger partial charge in [-0.2, -0.15) is 4.68 Å². The minimum Gasteiger partial charge on any atom is -0.397 e. The van der Waals surface area contributed by atoms with Crippen LogP contribution in [0.15, 0.2) is 36.4 Å². The molecule has 0 fully saturated rings. The van der Waals surface area contributed by atoms with Crippen molar-refractivity contribution in [2.75, 3.05) is 5.73 Å². The molecule has 8 heteroatoms. The molecule has 0 atom stereocenters. The van der Waals surface area contributed by atoms with E-state index in [9.17, 15) is 4.39 Å². The van der Waals surface area contributed by atoms with Gasteiger partial charge in [-0.1, -0.05) is 35.3 Å². The molecule has 0 unspecified atom stereocenters. The number of nitrogens with zero attached hydrogens (tertiary/aromatic N) is 4. The van der Waals surface area contributed by atoms with Gasteiger partial charge in [-0.3, -0.25) is 0 Å². The minimum atomic E-state index is -0.617. The van der Waals surface area contributed by atoms with Crippen molar-refractivity contribution in [1.29, 1.82) is 0 Å². The summed E-state index contributed by atoms with van der Waals surface area (Å²) in [6.07, 6.45) is 0. The second-order valence-corrected chi connectivity index (χ2v) is 5.00. The summed E-state index contributed by atoms with van der Waals surface area (Å²) >= 11 is 11.8. The third-order valence-electron chi connectivity index (χ3n) is 2.92. The molecule has 0 aliphatic rings. The highest BCUT2D eigenvalue weighted by atomic mass is 35.5. The standard InChI is InChI=1S/C13H8Cl2FN5/c14-8-4-2-6-10(11(8)16)21-13(18-19-20-21)7-3-1-5-9(15)12(7)17/h1-6H,17H2. The van der Waals surface area contributed by atoms with Gasteiger partial charge in [-0.05, 0) is 34.7 Å². The van der Waals surface area contributed by atoms with Crippen molar-refractivity contribution in [2.45, 2.75) is 0 Å². The van der Waals surface area contributed by atoms with Gasteiger partial charge in [0.15, 0.2) is 11.6 Å². The molecule has 3 rings (SSSR count). The van der Waals surface area contributed by atoms with E-state index in [-0.39, 0.29) is 16.5 Å². The molecule has 0 aliphatic carbocycles. The monoisotopic (exact) mass is 323 g/mol. The molecule has 3 aromatic rings. The van der Waals surface area contributed by atoms with Gasteiger partial charge < -0.3 is 5.73 Å². The van der Waals surface area contributed by atoms with E-state index < -0.39 is 5.82 Å². The molecule has 21 heavy (non-hydrogen) atoms. The van der Waals surface area contributed by atoms with Crippen molar-refractivity contribution in [3.05, 3.63) is 52.3 Å². The van der Waals surface area contributed by atoms with Crippen LogP contribution in [0.4, 0.5) is 10.1 Å².